The van der Waals surface area contributed by atoms with Crippen molar-refractivity contribution in [2.45, 2.75) is 110 Å². The fraction of sp³-hybridized carbons (Fsp3) is 0.548. The molecule has 1 aliphatic carbocycles. The summed E-state index contributed by atoms with van der Waals surface area (Å²) in [4.78, 5) is 58.0. The number of amides is 4. The van der Waals surface area contributed by atoms with Gasteiger partial charge >= 0.3 is 0 Å². The summed E-state index contributed by atoms with van der Waals surface area (Å²) in [6.45, 7) is 6.85. The van der Waals surface area contributed by atoms with E-state index in [4.69, 9.17) is 4.74 Å². The highest BCUT2D eigenvalue weighted by Crippen LogP contribution is 2.30. The summed E-state index contributed by atoms with van der Waals surface area (Å²) in [6.07, 6.45) is 6.91. The van der Waals surface area contributed by atoms with Crippen LogP contribution in [0.4, 0.5) is 0 Å². The zero-order valence-electron chi connectivity index (χ0n) is 32.1. The maximum absolute atomic E-state index is 13.9. The van der Waals surface area contributed by atoms with Crippen LogP contribution in [-0.4, -0.2) is 76.3 Å². The van der Waals surface area contributed by atoms with E-state index in [0.29, 0.717) is 24.3 Å². The van der Waals surface area contributed by atoms with Gasteiger partial charge in [-0.15, -0.1) is 0 Å². The molecule has 1 aliphatic rings. The molecule has 0 spiro atoms. The van der Waals surface area contributed by atoms with E-state index in [1.165, 1.54) is 0 Å². The van der Waals surface area contributed by atoms with Crippen LogP contribution in [0.1, 0.15) is 84.8 Å². The Labute approximate surface area is 319 Å². The lowest BCUT2D eigenvalue weighted by Gasteiger charge is -2.34. The van der Waals surface area contributed by atoms with Crippen LogP contribution in [0.3, 0.4) is 0 Å². The largest absolute Gasteiger partial charge is 0.483 e. The van der Waals surface area contributed by atoms with Crippen LogP contribution in [0, 0.1) is 23.7 Å². The fourth-order valence-corrected chi connectivity index (χ4v) is 7.13. The molecule has 4 amide bonds. The molecule has 294 valence electrons. The number of ether oxygens (including phenoxy) is 1. The van der Waals surface area contributed by atoms with Crippen molar-refractivity contribution in [2.24, 2.45) is 23.7 Å². The van der Waals surface area contributed by atoms with E-state index in [0.717, 1.165) is 42.9 Å². The molecule has 0 saturated heterocycles. The summed E-state index contributed by atoms with van der Waals surface area (Å²) < 4.78 is 5.78. The molecule has 12 heteroatoms. The van der Waals surface area contributed by atoms with Gasteiger partial charge in [-0.3, -0.25) is 24.2 Å². The van der Waals surface area contributed by atoms with E-state index >= 15 is 0 Å². The van der Waals surface area contributed by atoms with Crippen LogP contribution in [0.5, 0.6) is 5.75 Å². The molecule has 0 bridgehead atoms. The number of nitrogens with zero attached hydrogens (tertiary/aromatic N) is 1. The SMILES string of the molecule is CC[C@H](C)C(NC(=O)[C@@H](C[C@H](O)C(CC1CCCCC1)NC(=O)[C@H](CO)NC(=O)COc1cccc2ccccc12)C(C)C)C(=O)NCc1ccccn1. The third kappa shape index (κ3) is 12.5. The Morgan fingerprint density at radius 1 is 0.870 bits per heavy atom. The molecule has 1 aromatic heterocycles. The Kier molecular flexibility index (Phi) is 16.7. The average Bonchev–Trinajstić information content (AvgIpc) is 3.19. The fourth-order valence-electron chi connectivity index (χ4n) is 7.13. The molecule has 54 heavy (non-hydrogen) atoms. The van der Waals surface area contributed by atoms with E-state index in [2.05, 4.69) is 26.3 Å². The number of carbonyl (C=O) groups is 4. The van der Waals surface area contributed by atoms with E-state index in [1.54, 1.807) is 18.3 Å². The number of rotatable bonds is 20. The zero-order chi connectivity index (χ0) is 39.0. The quantitative estimate of drug-likeness (QED) is 0.0985. The highest BCUT2D eigenvalue weighted by molar-refractivity contribution is 5.91. The molecule has 1 saturated carbocycles. The first-order chi connectivity index (χ1) is 26.0. The molecular weight excluding hydrogens is 686 g/mol. The number of hydrogen-bond donors (Lipinski definition) is 6. The van der Waals surface area contributed by atoms with Crippen LogP contribution in [0.2, 0.25) is 0 Å². The maximum Gasteiger partial charge on any atom is 0.258 e. The summed E-state index contributed by atoms with van der Waals surface area (Å²) in [6, 6.07) is 15.8. The van der Waals surface area contributed by atoms with Crippen molar-refractivity contribution in [3.63, 3.8) is 0 Å². The lowest BCUT2D eigenvalue weighted by Crippen LogP contribution is -2.56. The molecule has 0 radical (unpaired) electrons. The minimum absolute atomic E-state index is 0.0406. The predicted octanol–water partition coefficient (Wildman–Crippen LogP) is 4.42. The molecular formula is C42H59N5O7. The van der Waals surface area contributed by atoms with Gasteiger partial charge in [-0.25, -0.2) is 0 Å². The number of fused-ring (bicyclic) bond motifs is 1. The number of carbonyl (C=O) groups excluding carboxylic acids is 4. The highest BCUT2D eigenvalue weighted by Gasteiger charge is 2.35. The summed E-state index contributed by atoms with van der Waals surface area (Å²) in [5, 5.41) is 35.1. The molecule has 1 heterocycles. The second-order valence-corrected chi connectivity index (χ2v) is 15.0. The molecule has 1 fully saturated rings. The van der Waals surface area contributed by atoms with E-state index in [9.17, 15) is 29.4 Å². The van der Waals surface area contributed by atoms with Gasteiger partial charge in [0.25, 0.3) is 5.91 Å². The van der Waals surface area contributed by atoms with Crippen molar-refractivity contribution in [1.82, 2.24) is 26.3 Å². The Balaban J connectivity index is 1.41. The van der Waals surface area contributed by atoms with Crippen molar-refractivity contribution >= 4 is 34.4 Å². The van der Waals surface area contributed by atoms with Crippen molar-refractivity contribution < 1.29 is 34.1 Å². The Morgan fingerprint density at radius 2 is 1.59 bits per heavy atom. The first-order valence-corrected chi connectivity index (χ1v) is 19.5. The minimum atomic E-state index is -1.28. The molecule has 2 aromatic carbocycles. The smallest absolute Gasteiger partial charge is 0.258 e. The molecule has 12 nitrogen and oxygen atoms in total. The summed E-state index contributed by atoms with van der Waals surface area (Å²) in [7, 11) is 0. The Morgan fingerprint density at radius 3 is 2.28 bits per heavy atom. The van der Waals surface area contributed by atoms with E-state index in [-0.39, 0.29) is 49.1 Å². The normalized spacial score (nSPS) is 16.7. The number of pyridine rings is 1. The molecule has 6 N–H and O–H groups in total. The monoisotopic (exact) mass is 745 g/mol. The van der Waals surface area contributed by atoms with Gasteiger partial charge in [0.1, 0.15) is 17.8 Å². The first kappa shape index (κ1) is 42.2. The third-order valence-electron chi connectivity index (χ3n) is 10.6. The highest BCUT2D eigenvalue weighted by atomic mass is 16.5. The van der Waals surface area contributed by atoms with Gasteiger partial charge < -0.3 is 36.2 Å². The summed E-state index contributed by atoms with van der Waals surface area (Å²) >= 11 is 0. The third-order valence-corrected chi connectivity index (χ3v) is 10.6. The van der Waals surface area contributed by atoms with Gasteiger partial charge in [0, 0.05) is 17.5 Å². The summed E-state index contributed by atoms with van der Waals surface area (Å²) in [5.41, 5.74) is 0.701. The molecule has 4 rings (SSSR count). The average molecular weight is 746 g/mol. The van der Waals surface area contributed by atoms with Crippen LogP contribution >= 0.6 is 0 Å². The lowest BCUT2D eigenvalue weighted by atomic mass is 9.81. The molecule has 2 unspecified atom stereocenters. The number of nitrogens with one attached hydrogen (secondary N) is 4. The molecule has 0 aliphatic heterocycles. The predicted molar refractivity (Wildman–Crippen MR) is 208 cm³/mol. The van der Waals surface area contributed by atoms with Crippen LogP contribution in [-0.2, 0) is 25.7 Å². The van der Waals surface area contributed by atoms with Crippen LogP contribution < -0.4 is 26.0 Å². The Bertz CT molecular complexity index is 1640. The van der Waals surface area contributed by atoms with Gasteiger partial charge in [-0.2, -0.15) is 0 Å². The molecule has 6 atom stereocenters. The Hall–Kier alpha value is -4.55. The number of aliphatic hydroxyl groups is 2. The topological polar surface area (TPSA) is 179 Å². The van der Waals surface area contributed by atoms with E-state index < -0.39 is 48.6 Å². The van der Waals surface area contributed by atoms with Crippen molar-refractivity contribution in [2.75, 3.05) is 13.2 Å². The standard InChI is InChI=1S/C42H59N5O7/c1-5-28(4)39(42(53)44-24-31-18-11-12-21-43-31)47-40(51)33(27(2)3)23-36(49)34(22-29-14-7-6-8-15-29)46-41(52)35(25-48)45-38(50)26-54-37-20-13-17-30-16-9-10-19-32(30)37/h9-13,16-21,27-29,33-36,39,48-49H,5-8,14-15,22-26H2,1-4H3,(H,44,53)(H,45,50)(H,46,52)(H,47,51)/t28-,33-,34?,35-,36-,39?/m0/s1. The summed E-state index contributed by atoms with van der Waals surface area (Å²) in [5.74, 6) is -2.11. The lowest BCUT2D eigenvalue weighted by molar-refractivity contribution is -0.134. The van der Waals surface area contributed by atoms with Crippen molar-refractivity contribution in [3.05, 3.63) is 72.6 Å². The van der Waals surface area contributed by atoms with E-state index in [1.807, 2.05) is 76.2 Å². The van der Waals surface area contributed by atoms with Gasteiger partial charge in [-0.05, 0) is 54.2 Å². The number of benzene rings is 2. The minimum Gasteiger partial charge on any atom is -0.483 e. The molecule has 3 aromatic rings. The van der Waals surface area contributed by atoms with Crippen LogP contribution in [0.25, 0.3) is 10.8 Å². The van der Waals surface area contributed by atoms with Gasteiger partial charge in [-0.1, -0.05) is 109 Å². The number of hydrogen-bond acceptors (Lipinski definition) is 8. The maximum atomic E-state index is 13.9. The second kappa shape index (κ2) is 21.4. The van der Waals surface area contributed by atoms with Crippen LogP contribution in [0.15, 0.2) is 66.9 Å². The van der Waals surface area contributed by atoms with Gasteiger partial charge in [0.2, 0.25) is 17.7 Å². The van der Waals surface area contributed by atoms with Crippen molar-refractivity contribution in [1.29, 1.82) is 0 Å². The second-order valence-electron chi connectivity index (χ2n) is 15.0. The van der Waals surface area contributed by atoms with Crippen molar-refractivity contribution in [3.8, 4) is 5.75 Å². The van der Waals surface area contributed by atoms with Gasteiger partial charge in [0.15, 0.2) is 6.61 Å². The number of aliphatic hydroxyl groups excluding tert-OH is 2. The van der Waals surface area contributed by atoms with Gasteiger partial charge in [0.05, 0.1) is 31.0 Å². The number of aromatic nitrogens is 1. The first-order valence-electron chi connectivity index (χ1n) is 19.5. The zero-order valence-corrected chi connectivity index (χ0v) is 32.1.